The van der Waals surface area contributed by atoms with E-state index in [1.54, 1.807) is 0 Å². The van der Waals surface area contributed by atoms with E-state index >= 15 is 0 Å². The molecule has 6 unspecified atom stereocenters. The minimum Gasteiger partial charge on any atom is -0.447 e. The summed E-state index contributed by atoms with van der Waals surface area (Å²) >= 11 is 0. The molecule has 0 radical (unpaired) electrons. The summed E-state index contributed by atoms with van der Waals surface area (Å²) in [5.74, 6) is 0. The van der Waals surface area contributed by atoms with Crippen molar-refractivity contribution in [3.8, 4) is 0 Å². The lowest BCUT2D eigenvalue weighted by Gasteiger charge is -2.47. The molecule has 280 valence electrons. The Hall–Kier alpha value is -2.66. The second-order valence-electron chi connectivity index (χ2n) is 17.5. The van der Waals surface area contributed by atoms with Crippen molar-refractivity contribution in [3.63, 3.8) is 0 Å². The van der Waals surface area contributed by atoms with E-state index in [2.05, 4.69) is 89.1 Å². The number of rotatable bonds is 18. The van der Waals surface area contributed by atoms with Crippen molar-refractivity contribution in [2.45, 2.75) is 125 Å². The van der Waals surface area contributed by atoms with Crippen LogP contribution in [0.2, 0.25) is 0 Å². The molecule has 0 aliphatic heterocycles. The molecule has 2 amide bonds. The molecule has 2 aliphatic carbocycles. The van der Waals surface area contributed by atoms with Crippen LogP contribution < -0.4 is 21.3 Å². The average Bonchev–Trinajstić information content (AvgIpc) is 2.96. The molecule has 2 saturated carbocycles. The van der Waals surface area contributed by atoms with Gasteiger partial charge < -0.3 is 41.0 Å². The fourth-order valence-corrected chi connectivity index (χ4v) is 8.13. The number of amides is 2. The van der Waals surface area contributed by atoms with Crippen LogP contribution in [0.4, 0.5) is 9.59 Å². The molecule has 0 aromatic carbocycles. The number of carbonyl (C=O) groups excluding carboxylic acids is 2. The van der Waals surface area contributed by atoms with Crippen LogP contribution >= 0.6 is 0 Å². The molecule has 2 fully saturated rings. The number of carbonyl (C=O) groups is 2. The highest BCUT2D eigenvalue weighted by Gasteiger charge is 2.42. The molecule has 0 aromatic heterocycles. The maximum absolute atomic E-state index is 12.5. The van der Waals surface area contributed by atoms with E-state index in [4.69, 9.17) is 9.47 Å². The summed E-state index contributed by atoms with van der Waals surface area (Å²) in [5.41, 5.74) is 3.83. The largest absolute Gasteiger partial charge is 0.447 e. The predicted octanol–water partition coefficient (Wildman–Crippen LogP) is 6.16. The minimum absolute atomic E-state index is 0.0955. The van der Waals surface area contributed by atoms with Gasteiger partial charge in [-0.3, -0.25) is 0 Å². The molecule has 2 rings (SSSR count). The van der Waals surface area contributed by atoms with Gasteiger partial charge in [0.1, 0.15) is 13.2 Å². The van der Waals surface area contributed by atoms with Gasteiger partial charge in [0.25, 0.3) is 0 Å². The zero-order valence-corrected chi connectivity index (χ0v) is 31.9. The van der Waals surface area contributed by atoms with Gasteiger partial charge in [-0.2, -0.15) is 0 Å². The summed E-state index contributed by atoms with van der Waals surface area (Å²) in [5, 5.41) is 33.7. The second-order valence-corrected chi connectivity index (χ2v) is 17.5. The maximum Gasteiger partial charge on any atom is 0.407 e. The Morgan fingerprint density at radius 1 is 0.673 bits per heavy atom. The molecular weight excluding hydrogens is 620 g/mol. The van der Waals surface area contributed by atoms with E-state index in [-0.39, 0.29) is 53.4 Å². The summed E-state index contributed by atoms with van der Waals surface area (Å²) in [4.78, 5) is 25.0. The fraction of sp³-hybridized carbons (Fsp3) is 0.744. The first kappa shape index (κ1) is 42.5. The smallest absolute Gasteiger partial charge is 0.407 e. The van der Waals surface area contributed by atoms with Crippen LogP contribution in [0.1, 0.15) is 100 Å². The maximum atomic E-state index is 12.5. The summed E-state index contributed by atoms with van der Waals surface area (Å²) in [6, 6.07) is 0.566. The van der Waals surface area contributed by atoms with E-state index < -0.39 is 24.4 Å². The average molecular weight is 689 g/mol. The molecule has 2 aliphatic rings. The quantitative estimate of drug-likeness (QED) is 0.0941. The zero-order valence-electron chi connectivity index (χ0n) is 31.9. The van der Waals surface area contributed by atoms with E-state index in [1.165, 1.54) is 0 Å². The minimum atomic E-state index is -1.11. The first-order valence-electron chi connectivity index (χ1n) is 17.8. The van der Waals surface area contributed by atoms with Gasteiger partial charge in [0.05, 0.1) is 12.2 Å². The van der Waals surface area contributed by atoms with Crippen molar-refractivity contribution in [2.75, 3.05) is 39.4 Å². The van der Waals surface area contributed by atoms with Crippen molar-refractivity contribution in [3.05, 3.63) is 48.6 Å². The number of hydrogen-bond acceptors (Lipinski definition) is 8. The van der Waals surface area contributed by atoms with Crippen LogP contribution in [0.15, 0.2) is 48.6 Å². The lowest BCUT2D eigenvalue weighted by atomic mass is 9.62. The lowest BCUT2D eigenvalue weighted by Crippen LogP contribution is -2.49. The van der Waals surface area contributed by atoms with Crippen molar-refractivity contribution in [1.29, 1.82) is 0 Å². The molecule has 10 heteroatoms. The standard InChI is InChI=1S/C39H68N4O6/c1-26(2)28(5)18-40-30-14-36(7,8)22-38(11,16-30)24-42-34(46)48-20-32(44)13-33(45)21-49-35(47)43-25-39(12)17-31(15-37(9,10)23-39)41-19-29(6)27(3)4/h30-33,40-41,44-45H,1,3,5-6,13-25H2,2,4,7-12H3,(H,42,46)(H,43,47). The summed E-state index contributed by atoms with van der Waals surface area (Å²) < 4.78 is 10.5. The molecule has 49 heavy (non-hydrogen) atoms. The molecule has 0 bridgehead atoms. The third kappa shape index (κ3) is 15.8. The molecule has 0 heterocycles. The Labute approximate surface area is 296 Å². The highest BCUT2D eigenvalue weighted by molar-refractivity contribution is 5.67. The first-order valence-corrected chi connectivity index (χ1v) is 17.8. The molecule has 0 saturated heterocycles. The highest BCUT2D eigenvalue weighted by atomic mass is 16.6. The van der Waals surface area contributed by atoms with Crippen LogP contribution in [-0.4, -0.2) is 86.1 Å². The highest BCUT2D eigenvalue weighted by Crippen LogP contribution is 2.47. The SMILES string of the molecule is C=C(C)C(=C)CNC1CC(C)(C)CC(C)(CNC(=O)OCC(O)CC(O)COC(=O)NCC2(C)CC(NCC(=C)C(=C)C)CC(C)(C)C2)C1. The van der Waals surface area contributed by atoms with Crippen LogP contribution in [0.5, 0.6) is 0 Å². The Kier molecular flexibility index (Phi) is 15.6. The van der Waals surface area contributed by atoms with E-state index in [1.807, 2.05) is 13.8 Å². The van der Waals surface area contributed by atoms with Gasteiger partial charge in [0, 0.05) is 44.7 Å². The van der Waals surface area contributed by atoms with Crippen molar-refractivity contribution >= 4 is 12.2 Å². The number of hydrogen-bond donors (Lipinski definition) is 6. The molecule has 6 atom stereocenters. The number of aliphatic hydroxyl groups is 2. The second kappa shape index (κ2) is 18.0. The Balaban J connectivity index is 1.71. The van der Waals surface area contributed by atoms with Crippen molar-refractivity contribution < 1.29 is 29.3 Å². The van der Waals surface area contributed by atoms with Crippen LogP contribution in [0.3, 0.4) is 0 Å². The van der Waals surface area contributed by atoms with Crippen LogP contribution in [-0.2, 0) is 9.47 Å². The van der Waals surface area contributed by atoms with Crippen LogP contribution in [0, 0.1) is 21.7 Å². The Bertz CT molecular complexity index is 1110. The fourth-order valence-electron chi connectivity index (χ4n) is 8.13. The van der Waals surface area contributed by atoms with E-state index in [0.717, 1.165) is 60.8 Å². The van der Waals surface area contributed by atoms with E-state index in [0.29, 0.717) is 26.2 Å². The zero-order chi connectivity index (χ0) is 37.2. The van der Waals surface area contributed by atoms with Gasteiger partial charge in [0.15, 0.2) is 0 Å². The van der Waals surface area contributed by atoms with Crippen molar-refractivity contribution in [2.24, 2.45) is 21.7 Å². The Morgan fingerprint density at radius 3 is 1.35 bits per heavy atom. The Morgan fingerprint density at radius 2 is 1.02 bits per heavy atom. The summed E-state index contributed by atoms with van der Waals surface area (Å²) in [6.07, 6.45) is 2.17. The van der Waals surface area contributed by atoms with Gasteiger partial charge in [-0.15, -0.1) is 0 Å². The lowest BCUT2D eigenvalue weighted by molar-refractivity contribution is 0.00467. The van der Waals surface area contributed by atoms with Crippen molar-refractivity contribution in [1.82, 2.24) is 21.3 Å². The van der Waals surface area contributed by atoms with Gasteiger partial charge in [-0.05, 0) is 85.2 Å². The molecule has 6 N–H and O–H groups in total. The third-order valence-electron chi connectivity index (χ3n) is 9.98. The summed E-state index contributed by atoms with van der Waals surface area (Å²) in [7, 11) is 0. The summed E-state index contributed by atoms with van der Waals surface area (Å²) in [6.45, 7) is 35.0. The molecule has 10 nitrogen and oxygen atoms in total. The first-order chi connectivity index (χ1) is 22.5. The third-order valence-corrected chi connectivity index (χ3v) is 9.98. The number of ether oxygens (including phenoxy) is 2. The topological polar surface area (TPSA) is 141 Å². The van der Waals surface area contributed by atoms with Gasteiger partial charge in [0.2, 0.25) is 0 Å². The van der Waals surface area contributed by atoms with Gasteiger partial charge in [-0.25, -0.2) is 9.59 Å². The normalized spacial score (nSPS) is 27.2. The molecular formula is C39H68N4O6. The van der Waals surface area contributed by atoms with E-state index in [9.17, 15) is 19.8 Å². The molecule has 0 spiro atoms. The number of alkyl carbamates (subject to hydrolysis) is 2. The molecule has 0 aromatic rings. The van der Waals surface area contributed by atoms with Gasteiger partial charge in [-0.1, -0.05) is 79.0 Å². The van der Waals surface area contributed by atoms with Crippen LogP contribution in [0.25, 0.3) is 0 Å². The monoisotopic (exact) mass is 689 g/mol. The number of nitrogens with one attached hydrogen (secondary N) is 4. The number of aliphatic hydroxyl groups excluding tert-OH is 2. The van der Waals surface area contributed by atoms with Gasteiger partial charge >= 0.3 is 12.2 Å². The predicted molar refractivity (Wildman–Crippen MR) is 198 cm³/mol.